The molecule has 0 aliphatic heterocycles. The van der Waals surface area contributed by atoms with Gasteiger partial charge < -0.3 is 9.47 Å². The minimum absolute atomic E-state index is 0.0428. The molecule has 2 heterocycles. The third kappa shape index (κ3) is 3.02. The van der Waals surface area contributed by atoms with Gasteiger partial charge in [0.1, 0.15) is 0 Å². The first kappa shape index (κ1) is 13.5. The quantitative estimate of drug-likeness (QED) is 0.856. The molecule has 0 unspecified atom stereocenters. The highest BCUT2D eigenvalue weighted by atomic mass is 16.2. The van der Waals surface area contributed by atoms with Gasteiger partial charge in [-0.25, -0.2) is 0 Å². The summed E-state index contributed by atoms with van der Waals surface area (Å²) in [5, 5.41) is 0. The molecule has 0 radical (unpaired) electrons. The summed E-state index contributed by atoms with van der Waals surface area (Å²) >= 11 is 0. The van der Waals surface area contributed by atoms with Crippen LogP contribution in [0.25, 0.3) is 0 Å². The Morgan fingerprint density at radius 2 is 2.14 bits per heavy atom. The van der Waals surface area contributed by atoms with Crippen LogP contribution in [0, 0.1) is 0 Å². The minimum atomic E-state index is -0.116. The lowest BCUT2D eigenvalue weighted by atomic mass is 10.2. The van der Waals surface area contributed by atoms with E-state index in [9.17, 15) is 9.59 Å². The molecule has 3 rings (SSSR count). The minimum Gasteiger partial charge on any atom is -0.330 e. The van der Waals surface area contributed by atoms with Crippen LogP contribution in [0.2, 0.25) is 0 Å². The SMILES string of the molecule is Cn1cc(C(=O)N(Cc2ccccn2)C2CC2)ccc1=O. The van der Waals surface area contributed by atoms with Crippen LogP contribution in [0.3, 0.4) is 0 Å². The zero-order valence-electron chi connectivity index (χ0n) is 11.9. The molecule has 21 heavy (non-hydrogen) atoms. The van der Waals surface area contributed by atoms with Gasteiger partial charge in [-0.3, -0.25) is 14.6 Å². The lowest BCUT2D eigenvalue weighted by molar-refractivity contribution is 0.0727. The maximum absolute atomic E-state index is 12.7. The van der Waals surface area contributed by atoms with Crippen LogP contribution in [0.4, 0.5) is 0 Å². The number of hydrogen-bond acceptors (Lipinski definition) is 3. The molecule has 5 nitrogen and oxygen atoms in total. The van der Waals surface area contributed by atoms with Crippen LogP contribution in [0.1, 0.15) is 28.9 Å². The maximum atomic E-state index is 12.7. The predicted molar refractivity (Wildman–Crippen MR) is 78.8 cm³/mol. The Bertz CT molecular complexity index is 705. The van der Waals surface area contributed by atoms with Crippen LogP contribution in [0.5, 0.6) is 0 Å². The number of nitrogens with zero attached hydrogens (tertiary/aromatic N) is 3. The van der Waals surface area contributed by atoms with Crippen molar-refractivity contribution in [3.63, 3.8) is 0 Å². The monoisotopic (exact) mass is 283 g/mol. The summed E-state index contributed by atoms with van der Waals surface area (Å²) < 4.78 is 1.43. The third-order valence-corrected chi connectivity index (χ3v) is 3.64. The van der Waals surface area contributed by atoms with E-state index in [1.54, 1.807) is 25.5 Å². The highest BCUT2D eigenvalue weighted by molar-refractivity contribution is 5.94. The van der Waals surface area contributed by atoms with Crippen molar-refractivity contribution in [1.29, 1.82) is 0 Å². The molecule has 2 aromatic rings. The van der Waals surface area contributed by atoms with Crippen molar-refractivity contribution < 1.29 is 4.79 Å². The molecule has 1 saturated carbocycles. The third-order valence-electron chi connectivity index (χ3n) is 3.64. The molecular formula is C16H17N3O2. The topological polar surface area (TPSA) is 55.2 Å². The number of pyridine rings is 2. The first-order chi connectivity index (χ1) is 10.1. The molecule has 0 atom stereocenters. The number of aryl methyl sites for hydroxylation is 1. The van der Waals surface area contributed by atoms with Gasteiger partial charge in [-0.1, -0.05) is 6.07 Å². The Labute approximate surface area is 122 Å². The number of hydrogen-bond donors (Lipinski definition) is 0. The first-order valence-corrected chi connectivity index (χ1v) is 7.03. The first-order valence-electron chi connectivity index (χ1n) is 7.03. The van der Waals surface area contributed by atoms with Crippen LogP contribution >= 0.6 is 0 Å². The number of aromatic nitrogens is 2. The lowest BCUT2D eigenvalue weighted by Crippen LogP contribution is -2.33. The van der Waals surface area contributed by atoms with Crippen molar-refractivity contribution in [3.05, 3.63) is 64.3 Å². The second kappa shape index (κ2) is 5.52. The molecule has 108 valence electrons. The summed E-state index contributed by atoms with van der Waals surface area (Å²) in [6.07, 6.45) is 5.39. The van der Waals surface area contributed by atoms with Gasteiger partial charge in [-0.15, -0.1) is 0 Å². The van der Waals surface area contributed by atoms with E-state index in [1.165, 1.54) is 10.6 Å². The standard InChI is InChI=1S/C16H17N3O2/c1-18-10-12(5-8-15(18)20)16(21)19(14-6-7-14)11-13-4-2-3-9-17-13/h2-5,8-10,14H,6-7,11H2,1H3. The van der Waals surface area contributed by atoms with Crippen molar-refractivity contribution >= 4 is 5.91 Å². The van der Waals surface area contributed by atoms with Crippen molar-refractivity contribution in [1.82, 2.24) is 14.5 Å². The number of carbonyl (C=O) groups excluding carboxylic acids is 1. The fraction of sp³-hybridized carbons (Fsp3) is 0.312. The van der Waals surface area contributed by atoms with Crippen molar-refractivity contribution in [2.45, 2.75) is 25.4 Å². The summed E-state index contributed by atoms with van der Waals surface area (Å²) in [5.74, 6) is -0.0428. The van der Waals surface area contributed by atoms with Gasteiger partial charge in [0.2, 0.25) is 5.56 Å². The Kier molecular flexibility index (Phi) is 3.56. The van der Waals surface area contributed by atoms with Gasteiger partial charge in [0, 0.05) is 31.5 Å². The number of amides is 1. The summed E-state index contributed by atoms with van der Waals surface area (Å²) in [6.45, 7) is 0.507. The van der Waals surface area contributed by atoms with E-state index in [4.69, 9.17) is 0 Å². The smallest absolute Gasteiger partial charge is 0.255 e. The van der Waals surface area contributed by atoms with E-state index in [-0.39, 0.29) is 17.5 Å². The van der Waals surface area contributed by atoms with E-state index < -0.39 is 0 Å². The zero-order chi connectivity index (χ0) is 14.8. The van der Waals surface area contributed by atoms with E-state index in [1.807, 2.05) is 23.1 Å². The summed E-state index contributed by atoms with van der Waals surface area (Å²) in [4.78, 5) is 30.2. The average Bonchev–Trinajstić information content (AvgIpc) is 3.33. The largest absolute Gasteiger partial charge is 0.330 e. The molecule has 0 bridgehead atoms. The molecule has 1 amide bonds. The summed E-state index contributed by atoms with van der Waals surface area (Å²) in [6, 6.07) is 9.02. The predicted octanol–water partition coefficient (Wildman–Crippen LogP) is 1.59. The van der Waals surface area contributed by atoms with Crippen LogP contribution < -0.4 is 5.56 Å². The van der Waals surface area contributed by atoms with Crippen LogP contribution in [-0.4, -0.2) is 26.4 Å². The number of rotatable bonds is 4. The van der Waals surface area contributed by atoms with Crippen LogP contribution in [0.15, 0.2) is 47.5 Å². The Balaban J connectivity index is 1.85. The van der Waals surface area contributed by atoms with Crippen molar-refractivity contribution in [2.24, 2.45) is 7.05 Å². The maximum Gasteiger partial charge on any atom is 0.255 e. The molecule has 1 aliphatic carbocycles. The van der Waals surface area contributed by atoms with Crippen molar-refractivity contribution in [3.8, 4) is 0 Å². The van der Waals surface area contributed by atoms with Crippen molar-refractivity contribution in [2.75, 3.05) is 0 Å². The average molecular weight is 283 g/mol. The Morgan fingerprint density at radius 3 is 2.76 bits per heavy atom. The van der Waals surface area contributed by atoms with E-state index in [2.05, 4.69) is 4.98 Å². The highest BCUT2D eigenvalue weighted by Crippen LogP contribution is 2.29. The fourth-order valence-corrected chi connectivity index (χ4v) is 2.31. The molecule has 0 N–H and O–H groups in total. The van der Waals surface area contributed by atoms with Gasteiger partial charge in [0.25, 0.3) is 5.91 Å². The number of carbonyl (C=O) groups is 1. The second-order valence-electron chi connectivity index (χ2n) is 5.35. The van der Waals surface area contributed by atoms with Gasteiger partial charge in [0.05, 0.1) is 17.8 Å². The van der Waals surface area contributed by atoms with Gasteiger partial charge >= 0.3 is 0 Å². The Hall–Kier alpha value is -2.43. The van der Waals surface area contributed by atoms with Gasteiger partial charge in [-0.2, -0.15) is 0 Å². The molecule has 0 spiro atoms. The molecule has 2 aromatic heterocycles. The normalized spacial score (nSPS) is 14.0. The fourth-order valence-electron chi connectivity index (χ4n) is 2.31. The molecule has 1 aliphatic rings. The second-order valence-corrected chi connectivity index (χ2v) is 5.35. The van der Waals surface area contributed by atoms with Gasteiger partial charge in [0.15, 0.2) is 0 Å². The van der Waals surface area contributed by atoms with Crippen LogP contribution in [-0.2, 0) is 13.6 Å². The highest BCUT2D eigenvalue weighted by Gasteiger charge is 2.33. The molecule has 0 aromatic carbocycles. The summed E-state index contributed by atoms with van der Waals surface area (Å²) in [7, 11) is 1.65. The van der Waals surface area contributed by atoms with E-state index in [0.29, 0.717) is 12.1 Å². The van der Waals surface area contributed by atoms with E-state index >= 15 is 0 Å². The van der Waals surface area contributed by atoms with Gasteiger partial charge in [-0.05, 0) is 31.0 Å². The molecular weight excluding hydrogens is 266 g/mol. The van der Waals surface area contributed by atoms with E-state index in [0.717, 1.165) is 18.5 Å². The summed E-state index contributed by atoms with van der Waals surface area (Å²) in [5.41, 5.74) is 1.30. The molecule has 0 saturated heterocycles. The molecule has 1 fully saturated rings. The zero-order valence-corrected chi connectivity index (χ0v) is 11.9. The lowest BCUT2D eigenvalue weighted by Gasteiger charge is -2.22. The Morgan fingerprint density at radius 1 is 1.33 bits per heavy atom. The molecule has 5 heteroatoms.